The number of hydrogen-bond donors (Lipinski definition) is 6. The summed E-state index contributed by atoms with van der Waals surface area (Å²) in [6.07, 6.45) is 15.0. The second kappa shape index (κ2) is 14.5. The average molecular weight is 805 g/mol. The number of hydrogen-bond acceptors (Lipinski definition) is 6. The van der Waals surface area contributed by atoms with Crippen molar-refractivity contribution in [3.63, 3.8) is 0 Å². The first-order valence-corrected chi connectivity index (χ1v) is 20.7. The molecule has 3 aliphatic carbocycles. The molecule has 0 saturated heterocycles. The van der Waals surface area contributed by atoms with Crippen molar-refractivity contribution in [2.45, 2.75) is 43.3 Å². The summed E-state index contributed by atoms with van der Waals surface area (Å²) in [4.78, 5) is 50.4. The van der Waals surface area contributed by atoms with E-state index in [4.69, 9.17) is 0 Å². The molecular weight excluding hydrogens is 757 g/mol. The number of carboxylic acid groups (broad SMARTS) is 3. The van der Waals surface area contributed by atoms with E-state index < -0.39 is 29.7 Å². The van der Waals surface area contributed by atoms with Crippen LogP contribution in [0.4, 0.5) is 0 Å². The lowest BCUT2D eigenvalue weighted by molar-refractivity contribution is -0.141. The van der Waals surface area contributed by atoms with E-state index in [0.717, 1.165) is 35.8 Å². The Morgan fingerprint density at radius 2 is 1.05 bits per heavy atom. The van der Waals surface area contributed by atoms with E-state index in [1.807, 2.05) is 57.6 Å². The first-order chi connectivity index (χ1) is 28.9. The summed E-state index contributed by atoms with van der Waals surface area (Å²) in [5.41, 5.74) is 13.9. The van der Waals surface area contributed by atoms with Crippen LogP contribution in [-0.2, 0) is 33.6 Å². The van der Waals surface area contributed by atoms with Gasteiger partial charge < -0.3 is 30.3 Å². The molecule has 3 aromatic heterocycles. The minimum atomic E-state index is -0.803. The van der Waals surface area contributed by atoms with Crippen LogP contribution in [-0.4, -0.2) is 122 Å². The number of carboxylic acids is 3. The summed E-state index contributed by atoms with van der Waals surface area (Å²) < 4.78 is 0. The van der Waals surface area contributed by atoms with Gasteiger partial charge in [-0.3, -0.25) is 24.3 Å². The van der Waals surface area contributed by atoms with Gasteiger partial charge in [0.1, 0.15) is 0 Å². The van der Waals surface area contributed by atoms with Gasteiger partial charge in [-0.15, -0.1) is 0 Å². The number of likely N-dealkylation sites (N-methyl/N-ethyl adjacent to an activating group) is 3. The average Bonchev–Trinajstić information content (AvgIpc) is 3.98. The maximum Gasteiger partial charge on any atom is 0.332 e. The fourth-order valence-corrected chi connectivity index (χ4v) is 10.9. The lowest BCUT2D eigenvalue weighted by atomic mass is 9.76. The van der Waals surface area contributed by atoms with Crippen LogP contribution >= 0.6 is 0 Å². The van der Waals surface area contributed by atoms with Gasteiger partial charge in [0, 0.05) is 101 Å². The third kappa shape index (κ3) is 6.20. The van der Waals surface area contributed by atoms with Gasteiger partial charge in [0.2, 0.25) is 0 Å². The SMILES string of the molecule is CN1CC(C(=O)O)=C[C@@H]2c3cccc4[nH]cc(c34)C[C@H]21.CN1C[C@@H](C(=O)O)C=C2c3cccc4[nH]cc(c34)C[C@H]21.CN1C[C@H](C(=O)O)C=C2c3cccc4[nH]cc(c34)C[C@H]21. The number of aromatic amines is 3. The molecule has 12 rings (SSSR count). The first-order valence-electron chi connectivity index (χ1n) is 20.7. The normalized spacial score (nSPS) is 25.4. The van der Waals surface area contributed by atoms with Crippen molar-refractivity contribution in [3.05, 3.63) is 130 Å². The molecule has 6 N–H and O–H groups in total. The Balaban J connectivity index is 0.000000108. The third-order valence-corrected chi connectivity index (χ3v) is 13.8. The predicted molar refractivity (Wildman–Crippen MR) is 232 cm³/mol. The lowest BCUT2D eigenvalue weighted by Gasteiger charge is -2.40. The zero-order chi connectivity index (χ0) is 41.6. The summed E-state index contributed by atoms with van der Waals surface area (Å²) in [6, 6.07) is 19.6. The monoisotopic (exact) mass is 804 g/mol. The predicted octanol–water partition coefficient (Wildman–Crippen LogP) is 6.38. The van der Waals surface area contributed by atoms with Gasteiger partial charge in [-0.25, -0.2) is 4.79 Å². The zero-order valence-electron chi connectivity index (χ0n) is 33.8. The van der Waals surface area contributed by atoms with Gasteiger partial charge in [-0.05, 0) is 103 Å². The number of nitrogens with one attached hydrogen (secondary N) is 3. The second-order valence-corrected chi connectivity index (χ2v) is 17.3. The maximum absolute atomic E-state index is 11.3. The Labute approximate surface area is 346 Å². The van der Waals surface area contributed by atoms with Crippen molar-refractivity contribution in [1.29, 1.82) is 0 Å². The highest BCUT2D eigenvalue weighted by Gasteiger charge is 2.39. The molecule has 0 saturated carbocycles. The maximum atomic E-state index is 11.3. The molecule has 6 aromatic rings. The van der Waals surface area contributed by atoms with Crippen molar-refractivity contribution in [2.24, 2.45) is 11.8 Å². The molecule has 3 aromatic carbocycles. The lowest BCUT2D eigenvalue weighted by Crippen LogP contribution is -2.44. The highest BCUT2D eigenvalue weighted by Crippen LogP contribution is 2.44. The van der Waals surface area contributed by atoms with E-state index in [2.05, 4.69) is 84.6 Å². The molecule has 6 atom stereocenters. The van der Waals surface area contributed by atoms with Gasteiger partial charge in [0.15, 0.2) is 0 Å². The van der Waals surface area contributed by atoms with Crippen LogP contribution in [0.1, 0.15) is 39.3 Å². The number of nitrogens with zero attached hydrogens (tertiary/aromatic N) is 3. The van der Waals surface area contributed by atoms with Gasteiger partial charge in [0.05, 0.1) is 11.8 Å². The number of rotatable bonds is 3. The molecule has 6 aliphatic rings. The second-order valence-electron chi connectivity index (χ2n) is 17.3. The molecule has 0 bridgehead atoms. The summed E-state index contributed by atoms with van der Waals surface area (Å²) >= 11 is 0. The molecule has 12 heteroatoms. The molecule has 0 radical (unpaired) electrons. The third-order valence-electron chi connectivity index (χ3n) is 13.8. The number of aromatic nitrogens is 3. The Bertz CT molecular complexity index is 2710. The van der Waals surface area contributed by atoms with E-state index in [9.17, 15) is 29.7 Å². The molecule has 3 aliphatic heterocycles. The largest absolute Gasteiger partial charge is 0.481 e. The van der Waals surface area contributed by atoms with Crippen LogP contribution in [0, 0.1) is 11.8 Å². The molecule has 12 nitrogen and oxygen atoms in total. The Kier molecular flexibility index (Phi) is 9.19. The molecule has 0 fully saturated rings. The Hall–Kier alpha value is -6.21. The van der Waals surface area contributed by atoms with E-state index in [1.54, 1.807) is 0 Å². The first kappa shape index (κ1) is 38.0. The minimum absolute atomic E-state index is 0.173. The molecule has 0 unspecified atom stereocenters. The number of H-pyrrole nitrogens is 3. The van der Waals surface area contributed by atoms with E-state index >= 15 is 0 Å². The Morgan fingerprint density at radius 3 is 1.53 bits per heavy atom. The molecule has 306 valence electrons. The number of aliphatic carboxylic acids is 3. The van der Waals surface area contributed by atoms with Crippen molar-refractivity contribution in [1.82, 2.24) is 29.7 Å². The quantitative estimate of drug-likeness (QED) is 0.119. The summed E-state index contributed by atoms with van der Waals surface area (Å²) in [5.74, 6) is -2.94. The number of benzene rings is 3. The highest BCUT2D eigenvalue weighted by atomic mass is 16.4. The van der Waals surface area contributed by atoms with Crippen molar-refractivity contribution >= 4 is 61.8 Å². The van der Waals surface area contributed by atoms with Crippen LogP contribution in [0.2, 0.25) is 0 Å². The van der Waals surface area contributed by atoms with Crippen LogP contribution < -0.4 is 0 Å². The fourth-order valence-electron chi connectivity index (χ4n) is 10.9. The molecular formula is C48H48N6O6. The van der Waals surface area contributed by atoms with Crippen LogP contribution in [0.15, 0.2) is 97.0 Å². The minimum Gasteiger partial charge on any atom is -0.481 e. The van der Waals surface area contributed by atoms with Crippen LogP contribution in [0.25, 0.3) is 43.9 Å². The van der Waals surface area contributed by atoms with Crippen molar-refractivity contribution < 1.29 is 29.7 Å². The van der Waals surface area contributed by atoms with E-state index in [0.29, 0.717) is 43.3 Å². The van der Waals surface area contributed by atoms with Crippen LogP contribution in [0.5, 0.6) is 0 Å². The van der Waals surface area contributed by atoms with Crippen molar-refractivity contribution in [2.75, 3.05) is 40.8 Å². The van der Waals surface area contributed by atoms with E-state index in [1.165, 1.54) is 60.7 Å². The standard InChI is InChI=1S/3C16H16N2O2/c3*1-18-8-10(16(19)20)5-12-11-3-2-4-13-15(11)9(7-17-13)6-14(12)18/h2-5,7,12,14,17H,6,8H2,1H3,(H,19,20);2*2-5,7,10,14,17H,6,8H2,1H3,(H,19,20)/t12-,14-;10-,14+;10-,14-/m101/s1. The number of fused-ring (bicyclic) bond motifs is 6. The van der Waals surface area contributed by atoms with Gasteiger partial charge in [0.25, 0.3) is 0 Å². The van der Waals surface area contributed by atoms with Gasteiger partial charge in [-0.1, -0.05) is 54.6 Å². The van der Waals surface area contributed by atoms with Gasteiger partial charge in [-0.2, -0.15) is 0 Å². The molecule has 0 spiro atoms. The zero-order valence-corrected chi connectivity index (χ0v) is 33.8. The topological polar surface area (TPSA) is 169 Å². The highest BCUT2D eigenvalue weighted by molar-refractivity contribution is 6.00. The molecule has 0 amide bonds. The summed E-state index contributed by atoms with van der Waals surface area (Å²) in [6.45, 7) is 1.69. The van der Waals surface area contributed by atoms with E-state index in [-0.39, 0.29) is 5.92 Å². The molecule has 60 heavy (non-hydrogen) atoms. The Morgan fingerprint density at radius 1 is 0.583 bits per heavy atom. The summed E-state index contributed by atoms with van der Waals surface area (Å²) in [7, 11) is 6.06. The van der Waals surface area contributed by atoms with Gasteiger partial charge >= 0.3 is 17.9 Å². The summed E-state index contributed by atoms with van der Waals surface area (Å²) in [5, 5.41) is 31.7. The van der Waals surface area contributed by atoms with Crippen molar-refractivity contribution in [3.8, 4) is 0 Å². The van der Waals surface area contributed by atoms with Crippen LogP contribution in [0.3, 0.4) is 0 Å². The fraction of sp³-hybridized carbons (Fsp3) is 0.312. The number of carbonyl (C=O) groups is 3. The molecule has 6 heterocycles. The smallest absolute Gasteiger partial charge is 0.332 e.